The summed E-state index contributed by atoms with van der Waals surface area (Å²) in [6, 6.07) is 0. The van der Waals surface area contributed by atoms with E-state index in [0.29, 0.717) is 0 Å². The van der Waals surface area contributed by atoms with Gasteiger partial charge in [0.05, 0.1) is 0 Å². The standard InChI is InChI=1S/C5H13N3O2S/c1-3-7(11-2)5(6)4-8(9)10/h5H,3-4,6H2,1-2H3. The van der Waals surface area contributed by atoms with Crippen molar-refractivity contribution in [2.45, 2.75) is 13.1 Å². The molecule has 0 aliphatic rings. The van der Waals surface area contributed by atoms with Crippen molar-refractivity contribution in [1.29, 1.82) is 0 Å². The molecule has 0 aromatic rings. The quantitative estimate of drug-likeness (QED) is 0.281. The van der Waals surface area contributed by atoms with Gasteiger partial charge in [-0.1, -0.05) is 18.9 Å². The molecule has 11 heavy (non-hydrogen) atoms. The van der Waals surface area contributed by atoms with Gasteiger partial charge < -0.3 is 5.73 Å². The van der Waals surface area contributed by atoms with Crippen LogP contribution in [0.2, 0.25) is 0 Å². The summed E-state index contributed by atoms with van der Waals surface area (Å²) in [5.74, 6) is 0. The SMILES string of the molecule is CCN(SC)C(N)C[N+](=O)[O-]. The molecule has 5 nitrogen and oxygen atoms in total. The zero-order valence-corrected chi connectivity index (χ0v) is 7.50. The highest BCUT2D eigenvalue weighted by Gasteiger charge is 2.16. The van der Waals surface area contributed by atoms with Crippen molar-refractivity contribution in [1.82, 2.24) is 4.31 Å². The molecule has 0 radical (unpaired) electrons. The molecule has 1 atom stereocenters. The molecule has 66 valence electrons. The Balaban J connectivity index is 3.78. The molecule has 0 aromatic carbocycles. The van der Waals surface area contributed by atoms with E-state index in [1.807, 2.05) is 13.2 Å². The molecule has 0 spiro atoms. The fraction of sp³-hybridized carbons (Fsp3) is 1.00. The second-order valence-corrected chi connectivity index (χ2v) is 2.83. The van der Waals surface area contributed by atoms with E-state index in [9.17, 15) is 10.1 Å². The minimum Gasteiger partial charge on any atom is -0.310 e. The summed E-state index contributed by atoms with van der Waals surface area (Å²) in [5.41, 5.74) is 5.50. The van der Waals surface area contributed by atoms with Crippen molar-refractivity contribution in [2.24, 2.45) is 5.73 Å². The Hall–Kier alpha value is -0.330. The number of likely N-dealkylation sites (N-methyl/N-ethyl adjacent to an activating group) is 1. The average Bonchev–Trinajstić information content (AvgIpc) is 1.88. The molecule has 0 aliphatic heterocycles. The smallest absolute Gasteiger partial charge is 0.232 e. The topological polar surface area (TPSA) is 72.4 Å². The Kier molecular flexibility index (Phi) is 5.18. The van der Waals surface area contributed by atoms with Crippen molar-refractivity contribution < 1.29 is 4.92 Å². The molecule has 0 saturated heterocycles. The van der Waals surface area contributed by atoms with E-state index in [1.54, 1.807) is 4.31 Å². The van der Waals surface area contributed by atoms with Gasteiger partial charge in [-0.2, -0.15) is 0 Å². The van der Waals surface area contributed by atoms with Crippen molar-refractivity contribution in [3.63, 3.8) is 0 Å². The van der Waals surface area contributed by atoms with Crippen LogP contribution in [0.3, 0.4) is 0 Å². The number of nitro groups is 1. The first-order chi connectivity index (χ1) is 5.11. The second kappa shape index (κ2) is 5.34. The van der Waals surface area contributed by atoms with Crippen LogP contribution in [0, 0.1) is 10.1 Å². The van der Waals surface area contributed by atoms with Crippen LogP contribution in [-0.4, -0.2) is 34.7 Å². The van der Waals surface area contributed by atoms with Gasteiger partial charge in [-0.05, 0) is 6.26 Å². The maximum atomic E-state index is 10.0. The second-order valence-electron chi connectivity index (χ2n) is 2.00. The molecule has 1 unspecified atom stereocenters. The molecule has 0 rings (SSSR count). The van der Waals surface area contributed by atoms with Crippen LogP contribution >= 0.6 is 11.9 Å². The fourth-order valence-electron chi connectivity index (χ4n) is 0.743. The highest BCUT2D eigenvalue weighted by atomic mass is 32.2. The van der Waals surface area contributed by atoms with Gasteiger partial charge in [0.25, 0.3) is 0 Å². The van der Waals surface area contributed by atoms with Crippen molar-refractivity contribution in [2.75, 3.05) is 19.3 Å². The van der Waals surface area contributed by atoms with Crippen LogP contribution in [0.15, 0.2) is 0 Å². The van der Waals surface area contributed by atoms with Crippen LogP contribution in [-0.2, 0) is 0 Å². The van der Waals surface area contributed by atoms with Gasteiger partial charge in [-0.25, -0.2) is 4.31 Å². The Labute approximate surface area is 70.2 Å². The van der Waals surface area contributed by atoms with Crippen LogP contribution in [0.5, 0.6) is 0 Å². The van der Waals surface area contributed by atoms with E-state index in [4.69, 9.17) is 5.73 Å². The van der Waals surface area contributed by atoms with E-state index in [2.05, 4.69) is 0 Å². The zero-order chi connectivity index (χ0) is 8.85. The molecular weight excluding hydrogens is 166 g/mol. The number of rotatable bonds is 5. The third kappa shape index (κ3) is 4.18. The molecule has 0 fully saturated rings. The van der Waals surface area contributed by atoms with Gasteiger partial charge in [0, 0.05) is 11.5 Å². The summed E-state index contributed by atoms with van der Waals surface area (Å²) < 4.78 is 1.77. The normalized spacial score (nSPS) is 13.5. The molecule has 0 aromatic heterocycles. The van der Waals surface area contributed by atoms with Gasteiger partial charge in [0.15, 0.2) is 0 Å². The molecule has 0 heterocycles. The minimum atomic E-state index is -0.481. The molecule has 0 saturated carbocycles. The first-order valence-electron chi connectivity index (χ1n) is 3.30. The van der Waals surface area contributed by atoms with Crippen LogP contribution in [0.4, 0.5) is 0 Å². The van der Waals surface area contributed by atoms with Gasteiger partial charge in [-0.3, -0.25) is 10.1 Å². The highest BCUT2D eigenvalue weighted by molar-refractivity contribution is 7.96. The Morgan fingerprint density at radius 3 is 2.64 bits per heavy atom. The molecule has 2 N–H and O–H groups in total. The Bertz CT molecular complexity index is 129. The molecular formula is C5H13N3O2S. The molecule has 0 amide bonds. The fourth-order valence-corrected chi connectivity index (χ4v) is 1.34. The zero-order valence-electron chi connectivity index (χ0n) is 6.69. The summed E-state index contributed by atoms with van der Waals surface area (Å²) in [7, 11) is 0. The number of hydrogen-bond donors (Lipinski definition) is 1. The van der Waals surface area contributed by atoms with Crippen molar-refractivity contribution >= 4 is 11.9 Å². The Morgan fingerprint density at radius 2 is 2.36 bits per heavy atom. The highest BCUT2D eigenvalue weighted by Crippen LogP contribution is 2.06. The van der Waals surface area contributed by atoms with E-state index in [0.717, 1.165) is 6.54 Å². The summed E-state index contributed by atoms with van der Waals surface area (Å²) in [6.07, 6.45) is 1.37. The maximum absolute atomic E-state index is 10.0. The summed E-state index contributed by atoms with van der Waals surface area (Å²) in [4.78, 5) is 9.64. The van der Waals surface area contributed by atoms with Gasteiger partial charge in [0.1, 0.15) is 6.17 Å². The van der Waals surface area contributed by atoms with Crippen molar-refractivity contribution in [3.05, 3.63) is 10.1 Å². The van der Waals surface area contributed by atoms with Crippen LogP contribution < -0.4 is 5.73 Å². The lowest BCUT2D eigenvalue weighted by Gasteiger charge is -2.20. The van der Waals surface area contributed by atoms with Crippen molar-refractivity contribution in [3.8, 4) is 0 Å². The lowest BCUT2D eigenvalue weighted by atomic mass is 10.5. The average molecular weight is 179 g/mol. The van der Waals surface area contributed by atoms with Gasteiger partial charge in [0.2, 0.25) is 6.54 Å². The largest absolute Gasteiger partial charge is 0.310 e. The summed E-state index contributed by atoms with van der Waals surface area (Å²) in [5, 5.41) is 10.0. The maximum Gasteiger partial charge on any atom is 0.232 e. The van der Waals surface area contributed by atoms with Crippen LogP contribution in [0.1, 0.15) is 6.92 Å². The molecule has 0 aliphatic carbocycles. The van der Waals surface area contributed by atoms with E-state index < -0.39 is 11.1 Å². The molecule has 6 heteroatoms. The predicted molar refractivity (Wildman–Crippen MR) is 45.7 cm³/mol. The van der Waals surface area contributed by atoms with Crippen LogP contribution in [0.25, 0.3) is 0 Å². The van der Waals surface area contributed by atoms with E-state index in [1.165, 1.54) is 11.9 Å². The predicted octanol–water partition coefficient (Wildman–Crippen LogP) is 0.148. The van der Waals surface area contributed by atoms with E-state index in [-0.39, 0.29) is 6.54 Å². The Morgan fingerprint density at radius 1 is 1.82 bits per heavy atom. The number of nitrogens with two attached hydrogens (primary N) is 1. The first kappa shape index (κ1) is 10.7. The number of nitrogens with zero attached hydrogens (tertiary/aromatic N) is 2. The minimum absolute atomic E-state index is 0.200. The van der Waals surface area contributed by atoms with Gasteiger partial charge >= 0.3 is 0 Å². The monoisotopic (exact) mass is 179 g/mol. The van der Waals surface area contributed by atoms with Gasteiger partial charge in [-0.15, -0.1) is 0 Å². The lowest BCUT2D eigenvalue weighted by Crippen LogP contribution is -2.42. The summed E-state index contributed by atoms with van der Waals surface area (Å²) >= 11 is 1.42. The molecule has 0 bridgehead atoms. The third-order valence-electron chi connectivity index (χ3n) is 1.25. The number of hydrogen-bond acceptors (Lipinski definition) is 5. The summed E-state index contributed by atoms with van der Waals surface area (Å²) in [6.45, 7) is 2.43. The van der Waals surface area contributed by atoms with E-state index >= 15 is 0 Å². The first-order valence-corrected chi connectivity index (χ1v) is 4.48. The third-order valence-corrected chi connectivity index (χ3v) is 2.25. The lowest BCUT2D eigenvalue weighted by molar-refractivity contribution is -0.485.